The van der Waals surface area contributed by atoms with Crippen LogP contribution < -0.4 is 5.73 Å². The summed E-state index contributed by atoms with van der Waals surface area (Å²) in [4.78, 5) is 4.55. The van der Waals surface area contributed by atoms with Crippen LogP contribution in [-0.4, -0.2) is 16.6 Å². The van der Waals surface area contributed by atoms with Gasteiger partial charge in [-0.05, 0) is 13.0 Å². The van der Waals surface area contributed by atoms with Crippen molar-refractivity contribution in [1.29, 1.82) is 0 Å². The summed E-state index contributed by atoms with van der Waals surface area (Å²) in [5.74, 6) is 0.120. The molecular weight excluding hydrogens is 232 g/mol. The number of aliphatic hydroxyl groups excluding tert-OH is 1. The van der Waals surface area contributed by atoms with Gasteiger partial charge in [0.25, 0.3) is 0 Å². The topological polar surface area (TPSA) is 59.1 Å². The summed E-state index contributed by atoms with van der Waals surface area (Å²) in [6, 6.07) is 0. The average molecular weight is 256 g/mol. The lowest BCUT2D eigenvalue weighted by atomic mass is 9.95. The maximum absolute atomic E-state index is 10.3. The Balaban J connectivity index is 2.82. The molecular formula is C13H24N2OS. The lowest BCUT2D eigenvalue weighted by Crippen LogP contribution is -2.22. The molecule has 0 bridgehead atoms. The molecule has 4 heteroatoms. The van der Waals surface area contributed by atoms with Crippen LogP contribution in [0.2, 0.25) is 0 Å². The smallest absolute Gasteiger partial charge is 0.101 e. The lowest BCUT2D eigenvalue weighted by Gasteiger charge is -2.19. The maximum atomic E-state index is 10.3. The third kappa shape index (κ3) is 3.76. The van der Waals surface area contributed by atoms with Crippen molar-refractivity contribution in [2.75, 3.05) is 6.54 Å². The first kappa shape index (κ1) is 14.6. The van der Waals surface area contributed by atoms with E-state index in [4.69, 9.17) is 5.73 Å². The predicted octanol–water partition coefficient (Wildman–Crippen LogP) is 2.85. The number of rotatable bonds is 5. The van der Waals surface area contributed by atoms with E-state index < -0.39 is 6.10 Å². The van der Waals surface area contributed by atoms with E-state index in [0.717, 1.165) is 23.5 Å². The maximum Gasteiger partial charge on any atom is 0.101 e. The van der Waals surface area contributed by atoms with Gasteiger partial charge >= 0.3 is 0 Å². The number of nitrogens with two attached hydrogens (primary N) is 1. The molecule has 0 saturated heterocycles. The van der Waals surface area contributed by atoms with Crippen molar-refractivity contribution in [3.05, 3.63) is 16.1 Å². The molecule has 0 aliphatic heterocycles. The van der Waals surface area contributed by atoms with E-state index in [0.29, 0.717) is 6.54 Å². The van der Waals surface area contributed by atoms with Gasteiger partial charge in [-0.1, -0.05) is 34.1 Å². The summed E-state index contributed by atoms with van der Waals surface area (Å²) in [5, 5.41) is 13.3. The highest BCUT2D eigenvalue weighted by Crippen LogP contribution is 2.31. The van der Waals surface area contributed by atoms with Gasteiger partial charge in [-0.15, -0.1) is 11.3 Å². The molecule has 0 radical (unpaired) electrons. The minimum absolute atomic E-state index is 0.0472. The van der Waals surface area contributed by atoms with Crippen LogP contribution in [0.5, 0.6) is 0 Å². The summed E-state index contributed by atoms with van der Waals surface area (Å²) in [6.45, 7) is 9.02. The quantitative estimate of drug-likeness (QED) is 0.851. The van der Waals surface area contributed by atoms with Gasteiger partial charge in [-0.25, -0.2) is 4.98 Å². The van der Waals surface area contributed by atoms with E-state index in [1.807, 2.05) is 5.38 Å². The normalized spacial score (nSPS) is 15.9. The average Bonchev–Trinajstić information content (AvgIpc) is 2.73. The number of hydrogen-bond acceptors (Lipinski definition) is 4. The van der Waals surface area contributed by atoms with Gasteiger partial charge in [0.15, 0.2) is 0 Å². The third-order valence-corrected chi connectivity index (χ3v) is 4.16. The van der Waals surface area contributed by atoms with Gasteiger partial charge in [0.1, 0.15) is 6.10 Å². The van der Waals surface area contributed by atoms with Crippen molar-refractivity contribution in [1.82, 2.24) is 4.98 Å². The molecule has 2 unspecified atom stereocenters. The summed E-state index contributed by atoms with van der Waals surface area (Å²) in [6.07, 6.45) is 1.46. The highest BCUT2D eigenvalue weighted by molar-refractivity contribution is 7.09. The number of hydrogen-bond donors (Lipinski definition) is 2. The van der Waals surface area contributed by atoms with Crippen molar-refractivity contribution < 1.29 is 5.11 Å². The molecule has 0 amide bonds. The molecule has 0 fully saturated rings. The molecule has 1 aromatic heterocycles. The molecule has 3 N–H and O–H groups in total. The van der Waals surface area contributed by atoms with Crippen LogP contribution in [0.25, 0.3) is 0 Å². The number of aromatic nitrogens is 1. The monoisotopic (exact) mass is 256 g/mol. The fraction of sp³-hybridized carbons (Fsp3) is 0.769. The molecule has 0 aliphatic rings. The Morgan fingerprint density at radius 3 is 2.53 bits per heavy atom. The second-order valence-corrected chi connectivity index (χ2v) is 6.41. The van der Waals surface area contributed by atoms with Gasteiger partial charge in [0, 0.05) is 16.7 Å². The Morgan fingerprint density at radius 1 is 1.47 bits per heavy atom. The SMILES string of the molecule is CCCC(CN)C(O)c1csc(C(C)(C)C)n1. The van der Waals surface area contributed by atoms with Gasteiger partial charge in [-0.3, -0.25) is 0 Å². The summed E-state index contributed by atoms with van der Waals surface area (Å²) < 4.78 is 0. The molecule has 1 rings (SSSR count). The Hall–Kier alpha value is -0.450. The Kier molecular flexibility index (Phi) is 5.10. The molecule has 1 heterocycles. The van der Waals surface area contributed by atoms with Crippen molar-refractivity contribution >= 4 is 11.3 Å². The Labute approximate surface area is 108 Å². The van der Waals surface area contributed by atoms with E-state index in [-0.39, 0.29) is 11.3 Å². The van der Waals surface area contributed by atoms with Crippen LogP contribution in [0.4, 0.5) is 0 Å². The first-order valence-corrected chi connectivity index (χ1v) is 7.12. The zero-order chi connectivity index (χ0) is 13.1. The van der Waals surface area contributed by atoms with Crippen molar-refractivity contribution in [3.63, 3.8) is 0 Å². The second-order valence-electron chi connectivity index (χ2n) is 5.56. The lowest BCUT2D eigenvalue weighted by molar-refractivity contribution is 0.103. The Bertz CT molecular complexity index is 343. The zero-order valence-electron chi connectivity index (χ0n) is 11.2. The van der Waals surface area contributed by atoms with E-state index in [9.17, 15) is 5.11 Å². The summed E-state index contributed by atoms with van der Waals surface area (Å²) >= 11 is 1.62. The minimum atomic E-state index is -0.521. The molecule has 3 nitrogen and oxygen atoms in total. The van der Waals surface area contributed by atoms with Crippen LogP contribution in [0.15, 0.2) is 5.38 Å². The van der Waals surface area contributed by atoms with Crippen molar-refractivity contribution in [2.24, 2.45) is 11.7 Å². The van der Waals surface area contributed by atoms with E-state index in [1.54, 1.807) is 11.3 Å². The molecule has 17 heavy (non-hydrogen) atoms. The Morgan fingerprint density at radius 2 is 2.12 bits per heavy atom. The van der Waals surface area contributed by atoms with Crippen LogP contribution >= 0.6 is 11.3 Å². The van der Waals surface area contributed by atoms with Crippen LogP contribution in [0, 0.1) is 5.92 Å². The first-order valence-electron chi connectivity index (χ1n) is 6.24. The standard InChI is InChI=1S/C13H24N2OS/c1-5-6-9(7-14)11(16)10-8-17-12(15-10)13(2,3)4/h8-9,11,16H,5-7,14H2,1-4H3. The van der Waals surface area contributed by atoms with E-state index in [2.05, 4.69) is 32.7 Å². The zero-order valence-corrected chi connectivity index (χ0v) is 12.0. The fourth-order valence-corrected chi connectivity index (χ4v) is 2.72. The van der Waals surface area contributed by atoms with Crippen molar-refractivity contribution in [2.45, 2.75) is 52.1 Å². The van der Waals surface area contributed by atoms with E-state index >= 15 is 0 Å². The van der Waals surface area contributed by atoms with Crippen LogP contribution in [0.1, 0.15) is 57.3 Å². The molecule has 2 atom stereocenters. The highest BCUT2D eigenvalue weighted by atomic mass is 32.1. The molecule has 0 saturated carbocycles. The van der Waals surface area contributed by atoms with Crippen LogP contribution in [0.3, 0.4) is 0 Å². The summed E-state index contributed by atoms with van der Waals surface area (Å²) in [5.41, 5.74) is 6.53. The predicted molar refractivity (Wildman–Crippen MR) is 73.2 cm³/mol. The van der Waals surface area contributed by atoms with Gasteiger partial charge in [0.05, 0.1) is 10.7 Å². The largest absolute Gasteiger partial charge is 0.386 e. The summed E-state index contributed by atoms with van der Waals surface area (Å²) in [7, 11) is 0. The highest BCUT2D eigenvalue weighted by Gasteiger charge is 2.24. The number of nitrogens with zero attached hydrogens (tertiary/aromatic N) is 1. The van der Waals surface area contributed by atoms with E-state index in [1.165, 1.54) is 0 Å². The third-order valence-electron chi connectivity index (χ3n) is 2.88. The van der Waals surface area contributed by atoms with Gasteiger partial charge in [0.2, 0.25) is 0 Å². The molecule has 0 spiro atoms. The van der Waals surface area contributed by atoms with Crippen LogP contribution in [-0.2, 0) is 5.41 Å². The fourth-order valence-electron chi connectivity index (χ4n) is 1.78. The second kappa shape index (κ2) is 5.94. The molecule has 0 aromatic carbocycles. The van der Waals surface area contributed by atoms with Gasteiger partial charge < -0.3 is 10.8 Å². The van der Waals surface area contributed by atoms with Gasteiger partial charge in [-0.2, -0.15) is 0 Å². The van der Waals surface area contributed by atoms with Crippen molar-refractivity contribution in [3.8, 4) is 0 Å². The molecule has 98 valence electrons. The number of aliphatic hydroxyl groups is 1. The molecule has 0 aliphatic carbocycles. The first-order chi connectivity index (χ1) is 7.90. The minimum Gasteiger partial charge on any atom is -0.386 e. The number of thiazole rings is 1. The molecule has 1 aromatic rings.